The topological polar surface area (TPSA) is 58.2 Å². The Bertz CT molecular complexity index is 532. The van der Waals surface area contributed by atoms with E-state index in [0.29, 0.717) is 12.2 Å². The Balaban J connectivity index is 2.01. The highest BCUT2D eigenvalue weighted by Crippen LogP contribution is 2.03. The molecule has 19 heavy (non-hydrogen) atoms. The number of carbonyl (C=O) groups is 2. The van der Waals surface area contributed by atoms with Crippen molar-refractivity contribution in [2.75, 3.05) is 6.54 Å². The van der Waals surface area contributed by atoms with Crippen LogP contribution in [0.5, 0.6) is 0 Å². The predicted octanol–water partition coefficient (Wildman–Crippen LogP) is 1.26. The van der Waals surface area contributed by atoms with Crippen LogP contribution < -0.4 is 10.6 Å². The molecule has 4 heteroatoms. The summed E-state index contributed by atoms with van der Waals surface area (Å²) in [6, 6.07) is 9.62. The van der Waals surface area contributed by atoms with Crippen LogP contribution in [0.15, 0.2) is 48.2 Å². The normalized spacial score (nSPS) is 21.2. The van der Waals surface area contributed by atoms with Crippen molar-refractivity contribution in [2.24, 2.45) is 0 Å². The molecule has 0 aromatic heterocycles. The standard InChI is InChI=1S/C15H16N2O2/c1-11-10-16-14(15(19)17-11)9-13(18)8-7-12-5-3-2-4-6-12/h2-9,11,16H,10H2,1H3,(H,17,19)/b8-7+,14-9+/t11-/m1/s1. The third kappa shape index (κ3) is 3.81. The predicted molar refractivity (Wildman–Crippen MR) is 74.2 cm³/mol. The molecule has 0 aliphatic carbocycles. The molecule has 2 N–H and O–H groups in total. The van der Waals surface area contributed by atoms with Crippen molar-refractivity contribution in [1.82, 2.24) is 10.6 Å². The summed E-state index contributed by atoms with van der Waals surface area (Å²) in [5, 5.41) is 5.70. The number of piperazine rings is 1. The Morgan fingerprint density at radius 1 is 1.32 bits per heavy atom. The molecule has 1 heterocycles. The van der Waals surface area contributed by atoms with Gasteiger partial charge in [0.05, 0.1) is 0 Å². The van der Waals surface area contributed by atoms with Gasteiger partial charge < -0.3 is 10.6 Å². The number of hydrogen-bond acceptors (Lipinski definition) is 3. The van der Waals surface area contributed by atoms with Gasteiger partial charge in [0, 0.05) is 18.7 Å². The fourth-order valence-corrected chi connectivity index (χ4v) is 1.75. The molecule has 1 aromatic carbocycles. The average Bonchev–Trinajstić information content (AvgIpc) is 2.41. The number of allylic oxidation sites excluding steroid dienone is 2. The smallest absolute Gasteiger partial charge is 0.267 e. The number of amides is 1. The summed E-state index contributed by atoms with van der Waals surface area (Å²) in [6.07, 6.45) is 4.50. The molecular weight excluding hydrogens is 240 g/mol. The quantitative estimate of drug-likeness (QED) is 0.800. The number of ketones is 1. The molecule has 1 amide bonds. The second kappa shape index (κ2) is 6.00. The lowest BCUT2D eigenvalue weighted by molar-refractivity contribution is -0.119. The molecule has 0 saturated carbocycles. The average molecular weight is 256 g/mol. The highest BCUT2D eigenvalue weighted by molar-refractivity contribution is 6.07. The Kier molecular flexibility index (Phi) is 4.13. The Hall–Kier alpha value is -2.36. The van der Waals surface area contributed by atoms with Crippen molar-refractivity contribution in [3.05, 3.63) is 53.7 Å². The molecule has 1 saturated heterocycles. The SMILES string of the molecule is C[C@@H]1CN/C(=C/C(=O)/C=C/c2ccccc2)C(=O)N1. The summed E-state index contributed by atoms with van der Waals surface area (Å²) in [5.74, 6) is -0.448. The molecule has 0 spiro atoms. The van der Waals surface area contributed by atoms with Crippen molar-refractivity contribution in [1.29, 1.82) is 0 Å². The van der Waals surface area contributed by atoms with Crippen molar-refractivity contribution in [3.63, 3.8) is 0 Å². The summed E-state index contributed by atoms with van der Waals surface area (Å²) >= 11 is 0. The van der Waals surface area contributed by atoms with E-state index in [0.717, 1.165) is 5.56 Å². The summed E-state index contributed by atoms with van der Waals surface area (Å²) in [5.41, 5.74) is 1.27. The minimum Gasteiger partial charge on any atom is -0.378 e. The molecule has 1 aliphatic heterocycles. The van der Waals surface area contributed by atoms with E-state index in [2.05, 4.69) is 10.6 Å². The monoisotopic (exact) mass is 256 g/mol. The first kappa shape index (κ1) is 13.1. The third-order valence-electron chi connectivity index (χ3n) is 2.75. The van der Waals surface area contributed by atoms with E-state index in [4.69, 9.17) is 0 Å². The highest BCUT2D eigenvalue weighted by atomic mass is 16.2. The fraction of sp³-hybridized carbons (Fsp3) is 0.200. The van der Waals surface area contributed by atoms with Gasteiger partial charge in [-0.15, -0.1) is 0 Å². The number of nitrogens with one attached hydrogen (secondary N) is 2. The lowest BCUT2D eigenvalue weighted by Gasteiger charge is -2.23. The third-order valence-corrected chi connectivity index (χ3v) is 2.75. The number of hydrogen-bond donors (Lipinski definition) is 2. The maximum atomic E-state index is 11.7. The fourth-order valence-electron chi connectivity index (χ4n) is 1.75. The molecule has 1 aromatic rings. The van der Waals surface area contributed by atoms with Crippen molar-refractivity contribution >= 4 is 17.8 Å². The lowest BCUT2D eigenvalue weighted by Crippen LogP contribution is -2.49. The van der Waals surface area contributed by atoms with Crippen LogP contribution in [0.1, 0.15) is 12.5 Å². The van der Waals surface area contributed by atoms with E-state index in [-0.39, 0.29) is 17.7 Å². The molecule has 2 rings (SSSR count). The minimum atomic E-state index is -0.236. The molecule has 1 atom stereocenters. The van der Waals surface area contributed by atoms with E-state index in [1.54, 1.807) is 6.08 Å². The Labute approximate surface area is 112 Å². The van der Waals surface area contributed by atoms with Crippen LogP contribution in [0.2, 0.25) is 0 Å². The summed E-state index contributed by atoms with van der Waals surface area (Å²) in [6.45, 7) is 2.53. The van der Waals surface area contributed by atoms with Crippen LogP contribution in [-0.2, 0) is 9.59 Å². The molecule has 98 valence electrons. The number of benzene rings is 1. The number of carbonyl (C=O) groups excluding carboxylic acids is 2. The van der Waals surface area contributed by atoms with Gasteiger partial charge in [0.15, 0.2) is 5.78 Å². The molecule has 1 fully saturated rings. The first-order chi connectivity index (χ1) is 9.15. The van der Waals surface area contributed by atoms with Gasteiger partial charge in [0.25, 0.3) is 5.91 Å². The molecule has 0 radical (unpaired) electrons. The summed E-state index contributed by atoms with van der Waals surface area (Å²) in [4.78, 5) is 23.3. The van der Waals surface area contributed by atoms with Gasteiger partial charge in [-0.05, 0) is 18.6 Å². The molecular formula is C15H16N2O2. The zero-order valence-electron chi connectivity index (χ0n) is 10.7. The van der Waals surface area contributed by atoms with Crippen LogP contribution in [0.25, 0.3) is 6.08 Å². The number of rotatable bonds is 3. The van der Waals surface area contributed by atoms with Gasteiger partial charge in [0.1, 0.15) is 5.70 Å². The van der Waals surface area contributed by atoms with E-state index in [1.807, 2.05) is 37.3 Å². The maximum absolute atomic E-state index is 11.7. The van der Waals surface area contributed by atoms with Crippen molar-refractivity contribution < 1.29 is 9.59 Å². The Morgan fingerprint density at radius 2 is 2.05 bits per heavy atom. The zero-order valence-corrected chi connectivity index (χ0v) is 10.7. The summed E-state index contributed by atoms with van der Waals surface area (Å²) in [7, 11) is 0. The van der Waals surface area contributed by atoms with Crippen LogP contribution in [-0.4, -0.2) is 24.3 Å². The van der Waals surface area contributed by atoms with Crippen LogP contribution in [0.3, 0.4) is 0 Å². The molecule has 1 aliphatic rings. The van der Waals surface area contributed by atoms with E-state index >= 15 is 0 Å². The van der Waals surface area contributed by atoms with Gasteiger partial charge in [-0.25, -0.2) is 0 Å². The van der Waals surface area contributed by atoms with Crippen molar-refractivity contribution in [2.45, 2.75) is 13.0 Å². The zero-order chi connectivity index (χ0) is 13.7. The summed E-state index contributed by atoms with van der Waals surface area (Å²) < 4.78 is 0. The minimum absolute atomic E-state index is 0.0830. The second-order valence-electron chi connectivity index (χ2n) is 4.46. The van der Waals surface area contributed by atoms with E-state index in [1.165, 1.54) is 12.2 Å². The molecule has 0 bridgehead atoms. The van der Waals surface area contributed by atoms with Gasteiger partial charge in [-0.1, -0.05) is 36.4 Å². The second-order valence-corrected chi connectivity index (χ2v) is 4.46. The van der Waals surface area contributed by atoms with Gasteiger partial charge in [-0.2, -0.15) is 0 Å². The Morgan fingerprint density at radius 3 is 2.74 bits per heavy atom. The first-order valence-corrected chi connectivity index (χ1v) is 6.18. The van der Waals surface area contributed by atoms with Gasteiger partial charge >= 0.3 is 0 Å². The highest BCUT2D eigenvalue weighted by Gasteiger charge is 2.18. The lowest BCUT2D eigenvalue weighted by atomic mass is 10.1. The van der Waals surface area contributed by atoms with Gasteiger partial charge in [0.2, 0.25) is 0 Å². The van der Waals surface area contributed by atoms with Crippen LogP contribution in [0, 0.1) is 0 Å². The van der Waals surface area contributed by atoms with E-state index < -0.39 is 0 Å². The van der Waals surface area contributed by atoms with E-state index in [9.17, 15) is 9.59 Å². The van der Waals surface area contributed by atoms with Gasteiger partial charge in [-0.3, -0.25) is 9.59 Å². The molecule has 4 nitrogen and oxygen atoms in total. The van der Waals surface area contributed by atoms with Crippen molar-refractivity contribution in [3.8, 4) is 0 Å². The first-order valence-electron chi connectivity index (χ1n) is 6.18. The largest absolute Gasteiger partial charge is 0.378 e. The maximum Gasteiger partial charge on any atom is 0.267 e. The molecule has 0 unspecified atom stereocenters. The van der Waals surface area contributed by atoms with Crippen LogP contribution >= 0.6 is 0 Å². The van der Waals surface area contributed by atoms with Crippen LogP contribution in [0.4, 0.5) is 0 Å².